The molecule has 1 saturated carbocycles. The van der Waals surface area contributed by atoms with Crippen molar-refractivity contribution in [3.63, 3.8) is 0 Å². The number of piperazine rings is 1. The Morgan fingerprint density at radius 3 is 2.58 bits per heavy atom. The summed E-state index contributed by atoms with van der Waals surface area (Å²) in [6.07, 6.45) is 2.93. The summed E-state index contributed by atoms with van der Waals surface area (Å²) < 4.78 is 28.5. The predicted molar refractivity (Wildman–Crippen MR) is 135 cm³/mol. The van der Waals surface area contributed by atoms with Gasteiger partial charge in [0.1, 0.15) is 23.6 Å². The molecule has 2 aliphatic rings. The summed E-state index contributed by atoms with van der Waals surface area (Å²) in [4.78, 5) is 40.4. The van der Waals surface area contributed by atoms with Crippen LogP contribution < -0.4 is 20.5 Å². The van der Waals surface area contributed by atoms with Crippen LogP contribution in [0.15, 0.2) is 32.3 Å². The number of pyridine rings is 1. The van der Waals surface area contributed by atoms with E-state index in [2.05, 4.69) is 0 Å². The van der Waals surface area contributed by atoms with Gasteiger partial charge in [0.15, 0.2) is 17.3 Å². The van der Waals surface area contributed by atoms with Gasteiger partial charge < -0.3 is 33.9 Å². The number of rotatable bonds is 7. The fourth-order valence-corrected chi connectivity index (χ4v) is 5.11. The number of fused-ring (bicyclic) bond motifs is 1. The lowest BCUT2D eigenvalue weighted by Gasteiger charge is -2.41. The molecular formula is C26H28FN3O8. The van der Waals surface area contributed by atoms with Crippen LogP contribution in [0.3, 0.4) is 0 Å². The van der Waals surface area contributed by atoms with Crippen LogP contribution in [-0.2, 0) is 13.2 Å². The molecule has 0 bridgehead atoms. The molecule has 38 heavy (non-hydrogen) atoms. The second-order valence-electron chi connectivity index (χ2n) is 9.72. The lowest BCUT2D eigenvalue weighted by molar-refractivity contribution is 0.0694. The Hall–Kier alpha value is -3.90. The maximum atomic E-state index is 15.6. The van der Waals surface area contributed by atoms with Crippen LogP contribution in [0.4, 0.5) is 10.1 Å². The fourth-order valence-electron chi connectivity index (χ4n) is 5.11. The van der Waals surface area contributed by atoms with Gasteiger partial charge in [-0.2, -0.15) is 0 Å². The van der Waals surface area contributed by atoms with Crippen molar-refractivity contribution in [2.45, 2.75) is 45.0 Å². The number of carbonyl (C=O) groups is 1. The standard InChI is InChI=1S/C26H28FN3O8/c1-13-9-29(6-5-28(13)11-20-24(34)19(32)7-15(12-31)38-20)22-18(27)8-16-21(25(22)37-2)30(14-3-4-14)10-17(23(16)33)26(35)36/h7-8,10,13-14,31,34H,3-6,9,11-12H2,1-2H3,(H,35,36). The Bertz CT molecular complexity index is 1540. The highest BCUT2D eigenvalue weighted by Crippen LogP contribution is 2.44. The maximum absolute atomic E-state index is 15.6. The van der Waals surface area contributed by atoms with Crippen molar-refractivity contribution >= 4 is 22.6 Å². The number of carboxylic acids is 1. The van der Waals surface area contributed by atoms with Gasteiger partial charge in [-0.1, -0.05) is 0 Å². The Kier molecular flexibility index (Phi) is 6.61. The first kappa shape index (κ1) is 25.7. The van der Waals surface area contributed by atoms with Crippen LogP contribution in [0, 0.1) is 5.82 Å². The maximum Gasteiger partial charge on any atom is 0.341 e. The highest BCUT2D eigenvalue weighted by Gasteiger charge is 2.33. The predicted octanol–water partition coefficient (Wildman–Crippen LogP) is 2.04. The number of aromatic hydroxyl groups is 1. The molecule has 1 aliphatic carbocycles. The molecule has 1 saturated heterocycles. The molecule has 1 atom stereocenters. The summed E-state index contributed by atoms with van der Waals surface area (Å²) in [7, 11) is 1.39. The molecule has 0 spiro atoms. The van der Waals surface area contributed by atoms with Gasteiger partial charge in [0.25, 0.3) is 0 Å². The third-order valence-electron chi connectivity index (χ3n) is 7.20. The second kappa shape index (κ2) is 9.76. The number of halogens is 1. The highest BCUT2D eigenvalue weighted by atomic mass is 19.1. The molecule has 12 heteroatoms. The third kappa shape index (κ3) is 4.39. The topological polar surface area (TPSA) is 146 Å². The molecule has 0 amide bonds. The van der Waals surface area contributed by atoms with Crippen molar-refractivity contribution in [3.05, 3.63) is 61.7 Å². The number of hydrogen-bond donors (Lipinski definition) is 3. The fraction of sp³-hybridized carbons (Fsp3) is 0.423. The number of hydrogen-bond acceptors (Lipinski definition) is 9. The van der Waals surface area contributed by atoms with Crippen LogP contribution in [0.5, 0.6) is 11.5 Å². The van der Waals surface area contributed by atoms with E-state index in [1.54, 1.807) is 4.57 Å². The minimum atomic E-state index is -1.37. The van der Waals surface area contributed by atoms with E-state index >= 15 is 4.39 Å². The van der Waals surface area contributed by atoms with E-state index in [0.717, 1.165) is 25.0 Å². The first-order valence-corrected chi connectivity index (χ1v) is 12.3. The van der Waals surface area contributed by atoms with Crippen LogP contribution in [0.1, 0.15) is 47.7 Å². The number of anilines is 1. The second-order valence-corrected chi connectivity index (χ2v) is 9.72. The number of nitrogens with zero attached hydrogens (tertiary/aromatic N) is 3. The first-order valence-electron chi connectivity index (χ1n) is 12.3. The number of aromatic carboxylic acids is 1. The van der Waals surface area contributed by atoms with Gasteiger partial charge in [-0.05, 0) is 25.8 Å². The lowest BCUT2D eigenvalue weighted by Crippen LogP contribution is -2.51. The molecule has 202 valence electrons. The van der Waals surface area contributed by atoms with Gasteiger partial charge in [0.2, 0.25) is 16.6 Å². The van der Waals surface area contributed by atoms with Crippen molar-refractivity contribution in [2.24, 2.45) is 0 Å². The molecular weight excluding hydrogens is 501 g/mol. The normalized spacial score (nSPS) is 18.2. The zero-order valence-electron chi connectivity index (χ0n) is 20.9. The van der Waals surface area contributed by atoms with Gasteiger partial charge in [-0.3, -0.25) is 14.5 Å². The van der Waals surface area contributed by atoms with Crippen molar-refractivity contribution in [3.8, 4) is 11.5 Å². The molecule has 3 heterocycles. The number of aliphatic hydroxyl groups is 1. The Morgan fingerprint density at radius 2 is 1.97 bits per heavy atom. The van der Waals surface area contributed by atoms with E-state index in [1.165, 1.54) is 13.3 Å². The van der Waals surface area contributed by atoms with E-state index in [-0.39, 0.29) is 47.0 Å². The zero-order valence-corrected chi connectivity index (χ0v) is 20.9. The minimum absolute atomic E-state index is 0.00352. The lowest BCUT2D eigenvalue weighted by atomic mass is 10.1. The van der Waals surface area contributed by atoms with E-state index in [1.807, 2.05) is 16.7 Å². The number of benzene rings is 1. The smallest absolute Gasteiger partial charge is 0.341 e. The van der Waals surface area contributed by atoms with Gasteiger partial charge in [-0.15, -0.1) is 0 Å². The van der Waals surface area contributed by atoms with E-state index in [9.17, 15) is 29.7 Å². The number of methoxy groups -OCH3 is 1. The molecule has 3 aromatic rings. The largest absolute Gasteiger partial charge is 0.502 e. The van der Waals surface area contributed by atoms with Crippen molar-refractivity contribution in [1.29, 1.82) is 0 Å². The average Bonchev–Trinajstić information content (AvgIpc) is 3.72. The minimum Gasteiger partial charge on any atom is -0.502 e. The van der Waals surface area contributed by atoms with Crippen LogP contribution in [0.25, 0.3) is 10.9 Å². The molecule has 1 unspecified atom stereocenters. The van der Waals surface area contributed by atoms with Gasteiger partial charge in [0, 0.05) is 44.0 Å². The molecule has 1 aliphatic heterocycles. The number of aliphatic hydroxyl groups excluding tert-OH is 1. The number of carboxylic acid groups (broad SMARTS) is 1. The quantitative estimate of drug-likeness (QED) is 0.416. The van der Waals surface area contributed by atoms with Crippen LogP contribution in [-0.4, -0.2) is 63.5 Å². The van der Waals surface area contributed by atoms with Crippen molar-refractivity contribution in [1.82, 2.24) is 9.47 Å². The van der Waals surface area contributed by atoms with Crippen LogP contribution >= 0.6 is 0 Å². The summed E-state index contributed by atoms with van der Waals surface area (Å²) in [6, 6.07) is 1.95. The van der Waals surface area contributed by atoms with Gasteiger partial charge in [-0.25, -0.2) is 9.18 Å². The molecule has 0 radical (unpaired) electrons. The van der Waals surface area contributed by atoms with Crippen molar-refractivity contribution < 1.29 is 33.7 Å². The summed E-state index contributed by atoms with van der Waals surface area (Å²) in [5, 5.41) is 29.0. The zero-order chi connectivity index (χ0) is 27.3. The Morgan fingerprint density at radius 1 is 1.24 bits per heavy atom. The van der Waals surface area contributed by atoms with E-state index in [0.29, 0.717) is 25.2 Å². The average molecular weight is 530 g/mol. The van der Waals surface area contributed by atoms with Crippen molar-refractivity contribution in [2.75, 3.05) is 31.6 Å². The summed E-state index contributed by atoms with van der Waals surface area (Å²) in [6.45, 7) is 2.66. The summed E-state index contributed by atoms with van der Waals surface area (Å²) >= 11 is 0. The van der Waals surface area contributed by atoms with E-state index < -0.39 is 40.6 Å². The monoisotopic (exact) mass is 529 g/mol. The number of aromatic nitrogens is 1. The molecule has 2 fully saturated rings. The molecule has 11 nitrogen and oxygen atoms in total. The van der Waals surface area contributed by atoms with Crippen LogP contribution in [0.2, 0.25) is 0 Å². The molecule has 1 aromatic carbocycles. The molecule has 2 aromatic heterocycles. The first-order chi connectivity index (χ1) is 18.1. The third-order valence-corrected chi connectivity index (χ3v) is 7.20. The van der Waals surface area contributed by atoms with E-state index in [4.69, 9.17) is 9.15 Å². The summed E-state index contributed by atoms with van der Waals surface area (Å²) in [5.41, 5.74) is -1.28. The van der Waals surface area contributed by atoms with Gasteiger partial charge >= 0.3 is 5.97 Å². The summed E-state index contributed by atoms with van der Waals surface area (Å²) in [5.74, 6) is -2.33. The van der Waals surface area contributed by atoms with Gasteiger partial charge in [0.05, 0.1) is 24.6 Å². The molecule has 5 rings (SSSR count). The SMILES string of the molecule is COc1c(N2CCN(Cc3oc(CO)cc(=O)c3O)C(C)C2)c(F)cc2c(=O)c(C(=O)O)cn(C3CC3)c12. The Labute approximate surface area is 215 Å². The highest BCUT2D eigenvalue weighted by molar-refractivity contribution is 5.97. The Balaban J connectivity index is 1.51. The molecule has 3 N–H and O–H groups in total. The number of ether oxygens (including phenoxy) is 1.